The number of nitrogens with zero attached hydrogens (tertiary/aromatic N) is 1. The van der Waals surface area contributed by atoms with Gasteiger partial charge in [-0.25, -0.2) is 12.8 Å². The summed E-state index contributed by atoms with van der Waals surface area (Å²) in [5, 5.41) is 0. The second-order valence-electron chi connectivity index (χ2n) is 5.75. The fraction of sp³-hybridized carbons (Fsp3) is 0.538. The van der Waals surface area contributed by atoms with Gasteiger partial charge in [0.05, 0.1) is 10.6 Å². The van der Waals surface area contributed by atoms with Crippen molar-refractivity contribution in [2.75, 3.05) is 18.8 Å². The van der Waals surface area contributed by atoms with E-state index in [9.17, 15) is 12.8 Å². The molecule has 2 N–H and O–H groups in total. The van der Waals surface area contributed by atoms with Crippen molar-refractivity contribution in [2.24, 2.45) is 5.41 Å². The molecule has 1 heterocycles. The van der Waals surface area contributed by atoms with E-state index in [0.717, 1.165) is 18.9 Å². The molecule has 0 amide bonds. The number of anilines is 1. The van der Waals surface area contributed by atoms with E-state index in [-0.39, 0.29) is 16.0 Å². The van der Waals surface area contributed by atoms with Gasteiger partial charge in [0, 0.05) is 13.1 Å². The smallest absolute Gasteiger partial charge is 0.243 e. The van der Waals surface area contributed by atoms with Crippen LogP contribution in [0.15, 0.2) is 23.1 Å². The minimum Gasteiger partial charge on any atom is -0.396 e. The lowest BCUT2D eigenvalue weighted by Crippen LogP contribution is -2.41. The van der Waals surface area contributed by atoms with E-state index in [0.29, 0.717) is 13.1 Å². The largest absolute Gasteiger partial charge is 0.396 e. The van der Waals surface area contributed by atoms with Gasteiger partial charge in [0.1, 0.15) is 5.82 Å². The molecule has 1 aliphatic heterocycles. The van der Waals surface area contributed by atoms with Gasteiger partial charge in [0.25, 0.3) is 0 Å². The molecular formula is C13H19FN2O2S. The monoisotopic (exact) mass is 286 g/mol. The quantitative estimate of drug-likeness (QED) is 0.848. The van der Waals surface area contributed by atoms with Crippen LogP contribution in [0.4, 0.5) is 10.1 Å². The molecule has 2 rings (SSSR count). The lowest BCUT2D eigenvalue weighted by Gasteiger charge is -2.36. The van der Waals surface area contributed by atoms with Crippen molar-refractivity contribution in [1.82, 2.24) is 4.31 Å². The summed E-state index contributed by atoms with van der Waals surface area (Å²) in [4.78, 5) is -0.0288. The highest BCUT2D eigenvalue weighted by Gasteiger charge is 2.32. The molecular weight excluding hydrogens is 267 g/mol. The van der Waals surface area contributed by atoms with Crippen LogP contribution in [-0.2, 0) is 10.0 Å². The number of nitrogen functional groups attached to an aromatic ring is 1. The summed E-state index contributed by atoms with van der Waals surface area (Å²) in [7, 11) is -3.61. The minimum absolute atomic E-state index is 0.0288. The topological polar surface area (TPSA) is 63.4 Å². The third-order valence-electron chi connectivity index (χ3n) is 3.69. The molecule has 4 nitrogen and oxygen atoms in total. The Morgan fingerprint density at radius 1 is 1.26 bits per heavy atom. The first-order valence-electron chi connectivity index (χ1n) is 6.28. The molecule has 0 spiro atoms. The predicted octanol–water partition coefficient (Wildman–Crippen LogP) is 2.22. The van der Waals surface area contributed by atoms with Gasteiger partial charge in [-0.2, -0.15) is 4.31 Å². The van der Waals surface area contributed by atoms with E-state index in [1.54, 1.807) is 0 Å². The Kier molecular flexibility index (Phi) is 3.57. The average Bonchev–Trinajstić information content (AvgIpc) is 2.32. The second-order valence-corrected chi connectivity index (χ2v) is 7.69. The third kappa shape index (κ3) is 2.90. The van der Waals surface area contributed by atoms with Crippen molar-refractivity contribution in [3.8, 4) is 0 Å². The summed E-state index contributed by atoms with van der Waals surface area (Å²) < 4.78 is 39.6. The van der Waals surface area contributed by atoms with E-state index in [4.69, 9.17) is 5.73 Å². The van der Waals surface area contributed by atoms with Crippen LogP contribution in [0.1, 0.15) is 26.7 Å². The molecule has 1 fully saturated rings. The molecule has 0 atom stereocenters. The second kappa shape index (κ2) is 4.76. The van der Waals surface area contributed by atoms with E-state index < -0.39 is 15.8 Å². The third-order valence-corrected chi connectivity index (χ3v) is 5.58. The fourth-order valence-electron chi connectivity index (χ4n) is 2.15. The van der Waals surface area contributed by atoms with Gasteiger partial charge in [0.2, 0.25) is 10.0 Å². The van der Waals surface area contributed by atoms with Crippen LogP contribution in [-0.4, -0.2) is 25.8 Å². The van der Waals surface area contributed by atoms with Gasteiger partial charge in [-0.1, -0.05) is 13.8 Å². The summed E-state index contributed by atoms with van der Waals surface area (Å²) in [6, 6.07) is 3.63. The lowest BCUT2D eigenvalue weighted by molar-refractivity contribution is 0.196. The SMILES string of the molecule is CC1(C)CCN(S(=O)(=O)c2ccc(N)c(F)c2)CC1. The molecule has 0 saturated carbocycles. The number of rotatable bonds is 2. The van der Waals surface area contributed by atoms with E-state index in [1.165, 1.54) is 16.4 Å². The summed E-state index contributed by atoms with van der Waals surface area (Å²) >= 11 is 0. The Morgan fingerprint density at radius 3 is 2.37 bits per heavy atom. The lowest BCUT2D eigenvalue weighted by atomic mass is 9.83. The van der Waals surface area contributed by atoms with Gasteiger partial charge < -0.3 is 5.73 Å². The highest BCUT2D eigenvalue weighted by atomic mass is 32.2. The Morgan fingerprint density at radius 2 is 1.84 bits per heavy atom. The summed E-state index contributed by atoms with van der Waals surface area (Å²) in [6.07, 6.45) is 1.62. The van der Waals surface area contributed by atoms with Gasteiger partial charge in [-0.05, 0) is 36.5 Å². The molecule has 1 aromatic carbocycles. The van der Waals surface area contributed by atoms with Crippen molar-refractivity contribution in [1.29, 1.82) is 0 Å². The molecule has 1 aliphatic rings. The van der Waals surface area contributed by atoms with Crippen molar-refractivity contribution >= 4 is 15.7 Å². The number of hydrogen-bond donors (Lipinski definition) is 1. The average molecular weight is 286 g/mol. The van der Waals surface area contributed by atoms with Gasteiger partial charge in [-0.3, -0.25) is 0 Å². The van der Waals surface area contributed by atoms with Crippen molar-refractivity contribution in [2.45, 2.75) is 31.6 Å². The molecule has 106 valence electrons. The van der Waals surface area contributed by atoms with Crippen LogP contribution in [0.3, 0.4) is 0 Å². The molecule has 1 saturated heterocycles. The van der Waals surface area contributed by atoms with E-state index >= 15 is 0 Å². The Balaban J connectivity index is 2.25. The Bertz CT molecular complexity index is 574. The first kappa shape index (κ1) is 14.3. The maximum absolute atomic E-state index is 13.4. The van der Waals surface area contributed by atoms with Crippen LogP contribution in [0.2, 0.25) is 0 Å². The predicted molar refractivity (Wildman–Crippen MR) is 72.6 cm³/mol. The normalized spacial score (nSPS) is 20.4. The van der Waals surface area contributed by atoms with Crippen LogP contribution in [0.5, 0.6) is 0 Å². The van der Waals surface area contributed by atoms with Crippen molar-refractivity contribution < 1.29 is 12.8 Å². The van der Waals surface area contributed by atoms with Crippen LogP contribution < -0.4 is 5.73 Å². The summed E-state index contributed by atoms with van der Waals surface area (Å²) in [6.45, 7) is 5.20. The molecule has 0 bridgehead atoms. The van der Waals surface area contributed by atoms with Gasteiger partial charge in [0.15, 0.2) is 0 Å². The number of benzene rings is 1. The van der Waals surface area contributed by atoms with Crippen LogP contribution in [0.25, 0.3) is 0 Å². The van der Waals surface area contributed by atoms with Crippen molar-refractivity contribution in [3.05, 3.63) is 24.0 Å². The number of halogens is 1. The molecule has 0 aliphatic carbocycles. The number of piperidine rings is 1. The van der Waals surface area contributed by atoms with Crippen LogP contribution in [0, 0.1) is 11.2 Å². The number of hydrogen-bond acceptors (Lipinski definition) is 3. The Labute approximate surface area is 113 Å². The molecule has 6 heteroatoms. The summed E-state index contributed by atoms with van der Waals surface area (Å²) in [5.41, 5.74) is 5.48. The van der Waals surface area contributed by atoms with Crippen LogP contribution >= 0.6 is 0 Å². The number of sulfonamides is 1. The molecule has 0 unspecified atom stereocenters. The van der Waals surface area contributed by atoms with Gasteiger partial charge in [-0.15, -0.1) is 0 Å². The molecule has 0 aromatic heterocycles. The van der Waals surface area contributed by atoms with E-state index in [1.807, 2.05) is 0 Å². The van der Waals surface area contributed by atoms with E-state index in [2.05, 4.69) is 13.8 Å². The Hall–Kier alpha value is -1.14. The maximum Gasteiger partial charge on any atom is 0.243 e. The first-order valence-corrected chi connectivity index (χ1v) is 7.72. The zero-order chi connectivity index (χ0) is 14.3. The molecule has 1 aromatic rings. The number of nitrogens with two attached hydrogens (primary N) is 1. The fourth-order valence-corrected chi connectivity index (χ4v) is 3.60. The minimum atomic E-state index is -3.61. The molecule has 0 radical (unpaired) electrons. The van der Waals surface area contributed by atoms with Gasteiger partial charge >= 0.3 is 0 Å². The summed E-state index contributed by atoms with van der Waals surface area (Å²) in [5.74, 6) is -0.696. The maximum atomic E-state index is 13.4. The molecule has 19 heavy (non-hydrogen) atoms. The first-order chi connectivity index (χ1) is 8.72. The standard InChI is InChI=1S/C13H19FN2O2S/c1-13(2)5-7-16(8-6-13)19(17,18)10-3-4-12(15)11(14)9-10/h3-4,9H,5-8,15H2,1-2H3. The zero-order valence-corrected chi connectivity index (χ0v) is 12.0. The highest BCUT2D eigenvalue weighted by molar-refractivity contribution is 7.89. The highest BCUT2D eigenvalue weighted by Crippen LogP contribution is 2.32. The van der Waals surface area contributed by atoms with Crippen molar-refractivity contribution in [3.63, 3.8) is 0 Å². The zero-order valence-electron chi connectivity index (χ0n) is 11.2.